The molecule has 4 rings (SSSR count). The zero-order valence-corrected chi connectivity index (χ0v) is 21.9. The van der Waals surface area contributed by atoms with Crippen molar-refractivity contribution >= 4 is 23.1 Å². The standard InChI is InChI=1S/C30H36N.Ir/c1-2-3-4-5-6-7-8-9-10-11-12-15-24-16-13-18-26(22-24)29-23-27-21-20-25-17-14-19-28(31-29)30(25)27;/h13-14,16-17,19-23H,2-12,15H2,1H3;/q-1;. The van der Waals surface area contributed by atoms with Crippen molar-refractivity contribution in [2.24, 2.45) is 0 Å². The minimum Gasteiger partial charge on any atom is -0.296 e. The molecule has 0 aliphatic heterocycles. The van der Waals surface area contributed by atoms with Gasteiger partial charge >= 0.3 is 0 Å². The Hall–Kier alpha value is -1.76. The van der Waals surface area contributed by atoms with Crippen molar-refractivity contribution in [2.45, 2.75) is 84.0 Å². The Balaban J connectivity index is 0.00000289. The van der Waals surface area contributed by atoms with Crippen LogP contribution in [0.4, 0.5) is 0 Å². The summed E-state index contributed by atoms with van der Waals surface area (Å²) in [5.74, 6) is 0. The van der Waals surface area contributed by atoms with Gasteiger partial charge in [0.25, 0.3) is 0 Å². The van der Waals surface area contributed by atoms with Gasteiger partial charge in [0, 0.05) is 25.5 Å². The number of hydrogen-bond donors (Lipinski definition) is 0. The van der Waals surface area contributed by atoms with E-state index in [9.17, 15) is 0 Å². The average Bonchev–Trinajstić information content (AvgIpc) is 3.22. The molecule has 1 heterocycles. The summed E-state index contributed by atoms with van der Waals surface area (Å²) in [5.41, 5.74) is 7.20. The van der Waals surface area contributed by atoms with Crippen LogP contribution >= 0.6 is 0 Å². The molecular weight excluding hydrogens is 567 g/mol. The largest absolute Gasteiger partial charge is 0.296 e. The monoisotopic (exact) mass is 603 g/mol. The van der Waals surface area contributed by atoms with E-state index in [1.807, 2.05) is 0 Å². The first-order valence-corrected chi connectivity index (χ1v) is 12.5. The molecule has 1 nitrogen and oxygen atoms in total. The summed E-state index contributed by atoms with van der Waals surface area (Å²) in [6, 6.07) is 18.6. The van der Waals surface area contributed by atoms with Crippen LogP contribution in [0.5, 0.6) is 0 Å². The van der Waals surface area contributed by atoms with Gasteiger partial charge in [0.05, 0.1) is 5.52 Å². The second-order valence-electron chi connectivity index (χ2n) is 9.07. The van der Waals surface area contributed by atoms with Gasteiger partial charge in [-0.3, -0.25) is 4.98 Å². The Bertz CT molecular complexity index is 1020. The number of pyridine rings is 1. The Morgan fingerprint density at radius 2 is 1.44 bits per heavy atom. The van der Waals surface area contributed by atoms with E-state index >= 15 is 0 Å². The minimum absolute atomic E-state index is 0. The quantitative estimate of drug-likeness (QED) is 0.110. The van der Waals surface area contributed by atoms with E-state index in [4.69, 9.17) is 4.98 Å². The van der Waals surface area contributed by atoms with Crippen LogP contribution in [0, 0.1) is 6.07 Å². The van der Waals surface area contributed by atoms with Crippen LogP contribution in [0.3, 0.4) is 0 Å². The smallest absolute Gasteiger partial charge is 0.0607 e. The molecule has 1 aliphatic rings. The molecular formula is C30H36IrN-. The van der Waals surface area contributed by atoms with Crippen LogP contribution in [0.2, 0.25) is 0 Å². The summed E-state index contributed by atoms with van der Waals surface area (Å²) in [5, 5.41) is 1.28. The Kier molecular flexibility index (Phi) is 10.2. The summed E-state index contributed by atoms with van der Waals surface area (Å²) >= 11 is 0. The second-order valence-corrected chi connectivity index (χ2v) is 9.07. The fraction of sp³-hybridized carbons (Fsp3) is 0.433. The van der Waals surface area contributed by atoms with Crippen LogP contribution in [0.25, 0.3) is 34.3 Å². The SMILES string of the molecule is CCCCCCCCCCCCCc1cc[c-]c(-c2cc3c4c(cccc4n2)C=C3)c1.[Ir]. The van der Waals surface area contributed by atoms with E-state index in [2.05, 4.69) is 67.6 Å². The van der Waals surface area contributed by atoms with E-state index < -0.39 is 0 Å². The summed E-state index contributed by atoms with van der Waals surface area (Å²) < 4.78 is 0. The normalized spacial score (nSPS) is 11.8. The number of benzene rings is 2. The van der Waals surface area contributed by atoms with Crippen molar-refractivity contribution in [3.63, 3.8) is 0 Å². The molecule has 0 bridgehead atoms. The van der Waals surface area contributed by atoms with Crippen LogP contribution in [0.15, 0.2) is 42.5 Å². The molecule has 0 spiro atoms. The van der Waals surface area contributed by atoms with Crippen LogP contribution in [-0.2, 0) is 26.5 Å². The topological polar surface area (TPSA) is 12.9 Å². The van der Waals surface area contributed by atoms with Crippen LogP contribution < -0.4 is 0 Å². The third-order valence-electron chi connectivity index (χ3n) is 6.55. The summed E-state index contributed by atoms with van der Waals surface area (Å²) in [6.45, 7) is 2.29. The number of aryl methyl sites for hydroxylation is 1. The van der Waals surface area contributed by atoms with Gasteiger partial charge in [-0.25, -0.2) is 0 Å². The number of aromatic nitrogens is 1. The number of rotatable bonds is 13. The van der Waals surface area contributed by atoms with Gasteiger partial charge in [0.15, 0.2) is 0 Å². The van der Waals surface area contributed by atoms with E-state index in [0.717, 1.165) is 23.2 Å². The van der Waals surface area contributed by atoms with Gasteiger partial charge in [-0.05, 0) is 29.3 Å². The average molecular weight is 603 g/mol. The van der Waals surface area contributed by atoms with Gasteiger partial charge in [-0.2, -0.15) is 0 Å². The van der Waals surface area contributed by atoms with Crippen molar-refractivity contribution in [1.29, 1.82) is 0 Å². The van der Waals surface area contributed by atoms with Crippen LogP contribution in [0.1, 0.15) is 94.2 Å². The fourth-order valence-corrected chi connectivity index (χ4v) is 4.74. The van der Waals surface area contributed by atoms with Gasteiger partial charge in [-0.1, -0.05) is 108 Å². The zero-order valence-electron chi connectivity index (χ0n) is 19.5. The third-order valence-corrected chi connectivity index (χ3v) is 6.55. The first kappa shape index (κ1) is 24.9. The first-order chi connectivity index (χ1) is 15.3. The molecule has 2 heteroatoms. The molecule has 1 aliphatic carbocycles. The maximum absolute atomic E-state index is 4.94. The molecule has 0 atom stereocenters. The first-order valence-electron chi connectivity index (χ1n) is 12.5. The number of nitrogens with zero attached hydrogens (tertiary/aromatic N) is 1. The molecule has 0 fully saturated rings. The maximum Gasteiger partial charge on any atom is 0.0607 e. The molecule has 32 heavy (non-hydrogen) atoms. The van der Waals surface area contributed by atoms with Gasteiger partial charge in [0.1, 0.15) is 0 Å². The molecule has 0 N–H and O–H groups in total. The summed E-state index contributed by atoms with van der Waals surface area (Å²) in [7, 11) is 0. The van der Waals surface area contributed by atoms with E-state index in [0.29, 0.717) is 0 Å². The van der Waals surface area contributed by atoms with E-state index in [1.165, 1.54) is 92.7 Å². The van der Waals surface area contributed by atoms with Gasteiger partial charge in [-0.15, -0.1) is 35.4 Å². The molecule has 0 saturated carbocycles. The second kappa shape index (κ2) is 13.1. The van der Waals surface area contributed by atoms with Crippen molar-refractivity contribution in [3.05, 3.63) is 65.2 Å². The molecule has 0 amide bonds. The molecule has 2 aromatic carbocycles. The van der Waals surface area contributed by atoms with Crippen LogP contribution in [-0.4, -0.2) is 4.98 Å². The predicted molar refractivity (Wildman–Crippen MR) is 135 cm³/mol. The minimum atomic E-state index is 0. The molecule has 3 aromatic rings. The zero-order chi connectivity index (χ0) is 21.3. The Morgan fingerprint density at radius 1 is 0.750 bits per heavy atom. The Morgan fingerprint density at radius 3 is 2.19 bits per heavy atom. The summed E-state index contributed by atoms with van der Waals surface area (Å²) in [4.78, 5) is 4.94. The van der Waals surface area contributed by atoms with Crippen molar-refractivity contribution in [1.82, 2.24) is 4.98 Å². The molecule has 171 valence electrons. The Labute approximate surface area is 208 Å². The van der Waals surface area contributed by atoms with Crippen molar-refractivity contribution in [3.8, 4) is 11.3 Å². The summed E-state index contributed by atoms with van der Waals surface area (Å²) in [6.07, 6.45) is 20.9. The van der Waals surface area contributed by atoms with E-state index in [1.54, 1.807) is 0 Å². The van der Waals surface area contributed by atoms with Crippen molar-refractivity contribution < 1.29 is 20.1 Å². The van der Waals surface area contributed by atoms with Crippen molar-refractivity contribution in [2.75, 3.05) is 0 Å². The molecule has 1 radical (unpaired) electrons. The number of unbranched alkanes of at least 4 members (excludes halogenated alkanes) is 10. The third kappa shape index (κ3) is 6.62. The van der Waals surface area contributed by atoms with E-state index in [-0.39, 0.29) is 20.1 Å². The molecule has 0 unspecified atom stereocenters. The predicted octanol–water partition coefficient (Wildman–Crippen LogP) is 9.04. The fourth-order valence-electron chi connectivity index (χ4n) is 4.74. The number of hydrogen-bond acceptors (Lipinski definition) is 1. The van der Waals surface area contributed by atoms with Gasteiger partial charge < -0.3 is 0 Å². The molecule has 1 aromatic heterocycles. The maximum atomic E-state index is 4.94. The van der Waals surface area contributed by atoms with Gasteiger partial charge in [0.2, 0.25) is 0 Å². The molecule has 0 saturated heterocycles.